The minimum absolute atomic E-state index is 0.120. The average Bonchev–Trinajstić information content (AvgIpc) is 2.83. The van der Waals surface area contributed by atoms with Gasteiger partial charge in [0, 0.05) is 39.3 Å². The SMILES string of the molecule is CCOP(=O)(CC(=O)N1O[C@H](CC(C)C)C(=O)N2[C@@H](CC(C)C)CN(CCCN(C)C(=O)OC(C)(C)C)C[C@H]12)OCC. The first-order valence-electron chi connectivity index (χ1n) is 15.4. The summed E-state index contributed by atoms with van der Waals surface area (Å²) in [5.74, 6) is -0.178. The van der Waals surface area contributed by atoms with E-state index >= 15 is 0 Å². The molecule has 0 radical (unpaired) electrons. The third kappa shape index (κ3) is 10.8. The summed E-state index contributed by atoms with van der Waals surface area (Å²) < 4.78 is 29.5. The van der Waals surface area contributed by atoms with Gasteiger partial charge >= 0.3 is 13.7 Å². The first-order valence-corrected chi connectivity index (χ1v) is 17.1. The molecule has 2 fully saturated rings. The van der Waals surface area contributed by atoms with Gasteiger partial charge in [-0.1, -0.05) is 27.7 Å². The molecule has 0 unspecified atom stereocenters. The number of piperazine rings is 1. The lowest BCUT2D eigenvalue weighted by atomic mass is 9.96. The summed E-state index contributed by atoms with van der Waals surface area (Å²) in [6, 6.07) is -0.140. The van der Waals surface area contributed by atoms with Crippen LogP contribution in [0.1, 0.15) is 81.6 Å². The quantitative estimate of drug-likeness (QED) is 0.258. The maximum Gasteiger partial charge on any atom is 0.410 e. The van der Waals surface area contributed by atoms with E-state index in [4.69, 9.17) is 18.6 Å². The zero-order chi connectivity index (χ0) is 31.8. The number of carbonyl (C=O) groups is 3. The van der Waals surface area contributed by atoms with E-state index in [0.717, 1.165) is 6.42 Å². The number of ether oxygens (including phenoxy) is 1. The van der Waals surface area contributed by atoms with Crippen molar-refractivity contribution in [3.8, 4) is 0 Å². The third-order valence-electron chi connectivity index (χ3n) is 6.97. The Labute approximate surface area is 252 Å². The highest BCUT2D eigenvalue weighted by Crippen LogP contribution is 2.48. The molecular formula is C29H55N4O8P. The zero-order valence-electron chi connectivity index (χ0n) is 27.5. The van der Waals surface area contributed by atoms with Crippen molar-refractivity contribution in [3.05, 3.63) is 0 Å². The predicted octanol–water partition coefficient (Wildman–Crippen LogP) is 4.58. The summed E-state index contributed by atoms with van der Waals surface area (Å²) in [6.45, 7) is 19.6. The molecule has 0 spiro atoms. The lowest BCUT2D eigenvalue weighted by Gasteiger charge is -2.54. The average molecular weight is 619 g/mol. The maximum absolute atomic E-state index is 13.8. The summed E-state index contributed by atoms with van der Waals surface area (Å²) in [5.41, 5.74) is -0.572. The van der Waals surface area contributed by atoms with Gasteiger partial charge in [0.25, 0.3) is 11.8 Å². The van der Waals surface area contributed by atoms with E-state index < -0.39 is 37.5 Å². The number of nitrogens with zero attached hydrogens (tertiary/aromatic N) is 4. The van der Waals surface area contributed by atoms with Crippen LogP contribution in [0.3, 0.4) is 0 Å². The second-order valence-electron chi connectivity index (χ2n) is 13.1. The summed E-state index contributed by atoms with van der Waals surface area (Å²) in [4.78, 5) is 51.7. The second kappa shape index (κ2) is 15.8. The van der Waals surface area contributed by atoms with Crippen molar-refractivity contribution in [1.29, 1.82) is 0 Å². The fraction of sp³-hybridized carbons (Fsp3) is 0.897. The predicted molar refractivity (Wildman–Crippen MR) is 161 cm³/mol. The van der Waals surface area contributed by atoms with Gasteiger partial charge in [0.15, 0.2) is 6.10 Å². The van der Waals surface area contributed by atoms with Gasteiger partial charge < -0.3 is 23.6 Å². The summed E-state index contributed by atoms with van der Waals surface area (Å²) in [5, 5.41) is 1.26. The number of carbonyl (C=O) groups excluding carboxylic acids is 3. The van der Waals surface area contributed by atoms with Crippen LogP contribution in [0.25, 0.3) is 0 Å². The number of fused-ring (bicyclic) bond motifs is 1. The van der Waals surface area contributed by atoms with Crippen molar-refractivity contribution in [2.75, 3.05) is 52.6 Å². The summed E-state index contributed by atoms with van der Waals surface area (Å²) >= 11 is 0. The van der Waals surface area contributed by atoms with E-state index in [1.165, 1.54) is 5.06 Å². The molecule has 2 rings (SSSR count). The van der Waals surface area contributed by atoms with E-state index in [0.29, 0.717) is 44.9 Å². The molecule has 2 saturated heterocycles. The Morgan fingerprint density at radius 3 is 2.17 bits per heavy atom. The van der Waals surface area contributed by atoms with Crippen molar-refractivity contribution in [2.24, 2.45) is 11.8 Å². The zero-order valence-corrected chi connectivity index (χ0v) is 28.4. The van der Waals surface area contributed by atoms with Crippen molar-refractivity contribution in [2.45, 2.75) is 105 Å². The Morgan fingerprint density at radius 1 is 1.05 bits per heavy atom. The van der Waals surface area contributed by atoms with E-state index in [9.17, 15) is 18.9 Å². The summed E-state index contributed by atoms with van der Waals surface area (Å²) in [7, 11) is -1.98. The molecule has 0 aromatic heterocycles. The molecule has 12 nitrogen and oxygen atoms in total. The second-order valence-corrected chi connectivity index (χ2v) is 15.1. The van der Waals surface area contributed by atoms with E-state index in [1.807, 2.05) is 39.5 Å². The van der Waals surface area contributed by atoms with Crippen LogP contribution in [0.5, 0.6) is 0 Å². The molecule has 0 N–H and O–H groups in total. The lowest BCUT2D eigenvalue weighted by Crippen LogP contribution is -2.72. The van der Waals surface area contributed by atoms with Crippen molar-refractivity contribution < 1.29 is 37.6 Å². The van der Waals surface area contributed by atoms with E-state index in [2.05, 4.69) is 18.7 Å². The van der Waals surface area contributed by atoms with Crippen LogP contribution < -0.4 is 0 Å². The summed E-state index contributed by atoms with van der Waals surface area (Å²) in [6.07, 6.45) is -0.467. The number of hydrogen-bond acceptors (Lipinski definition) is 9. The topological polar surface area (TPSA) is 118 Å². The fourth-order valence-corrected chi connectivity index (χ4v) is 6.90. The molecule has 2 heterocycles. The molecule has 0 aromatic rings. The molecule has 42 heavy (non-hydrogen) atoms. The third-order valence-corrected chi connectivity index (χ3v) is 8.94. The molecule has 13 heteroatoms. The van der Waals surface area contributed by atoms with Crippen LogP contribution >= 0.6 is 7.60 Å². The van der Waals surface area contributed by atoms with Crippen LogP contribution in [-0.4, -0.2) is 114 Å². The monoisotopic (exact) mass is 618 g/mol. The Kier molecular flexibility index (Phi) is 13.8. The van der Waals surface area contributed by atoms with Crippen LogP contribution in [0, 0.1) is 11.8 Å². The fourth-order valence-electron chi connectivity index (χ4n) is 5.39. The van der Waals surface area contributed by atoms with Gasteiger partial charge in [-0.2, -0.15) is 5.06 Å². The Hall–Kier alpha value is -1.72. The van der Waals surface area contributed by atoms with Crippen LogP contribution in [0.2, 0.25) is 0 Å². The van der Waals surface area contributed by atoms with Crippen molar-refractivity contribution in [1.82, 2.24) is 19.8 Å². The van der Waals surface area contributed by atoms with Crippen molar-refractivity contribution in [3.63, 3.8) is 0 Å². The maximum atomic E-state index is 13.8. The lowest BCUT2D eigenvalue weighted by molar-refractivity contribution is -0.278. The minimum Gasteiger partial charge on any atom is -0.444 e. The molecular weight excluding hydrogens is 563 g/mol. The minimum atomic E-state index is -3.70. The molecule has 3 amide bonds. The smallest absolute Gasteiger partial charge is 0.410 e. The molecule has 0 aromatic carbocycles. The van der Waals surface area contributed by atoms with Gasteiger partial charge in [0.2, 0.25) is 0 Å². The van der Waals surface area contributed by atoms with Gasteiger partial charge in [-0.15, -0.1) is 0 Å². The first kappa shape index (κ1) is 36.5. The van der Waals surface area contributed by atoms with E-state index in [-0.39, 0.29) is 37.2 Å². The van der Waals surface area contributed by atoms with E-state index in [1.54, 1.807) is 25.8 Å². The number of hydrogen-bond donors (Lipinski definition) is 0. The van der Waals surface area contributed by atoms with Gasteiger partial charge in [0.1, 0.15) is 17.9 Å². The highest BCUT2D eigenvalue weighted by atomic mass is 31.2. The molecule has 0 bridgehead atoms. The van der Waals surface area contributed by atoms with Gasteiger partial charge in [0.05, 0.1) is 13.2 Å². The highest BCUT2D eigenvalue weighted by Gasteiger charge is 2.50. The molecule has 244 valence electrons. The molecule has 0 aliphatic carbocycles. The molecule has 2 aliphatic heterocycles. The largest absolute Gasteiger partial charge is 0.444 e. The van der Waals surface area contributed by atoms with Crippen molar-refractivity contribution >= 4 is 25.5 Å². The van der Waals surface area contributed by atoms with Crippen LogP contribution in [0.4, 0.5) is 4.79 Å². The van der Waals surface area contributed by atoms with Gasteiger partial charge in [-0.05, 0) is 65.7 Å². The molecule has 2 aliphatic rings. The number of rotatable bonds is 14. The highest BCUT2D eigenvalue weighted by molar-refractivity contribution is 7.54. The van der Waals surface area contributed by atoms with Crippen LogP contribution in [-0.2, 0) is 32.8 Å². The Balaban J connectivity index is 2.31. The Morgan fingerprint density at radius 2 is 1.64 bits per heavy atom. The standard InChI is InChI=1S/C29H55N4O8P/c1-11-38-42(37,39-12-2)20-26(34)33-25-19-31(15-13-14-30(10)28(36)40-29(7,8)9)18-23(16-21(3)4)32(25)27(35)24(41-33)17-22(5)6/h21-25H,11-20H2,1-10H3/t23-,24+,25-/m0/s1. The van der Waals surface area contributed by atoms with Gasteiger partial charge in [-0.25, -0.2) is 4.79 Å². The number of amides is 3. The first-order chi connectivity index (χ1) is 19.5. The molecule has 3 atom stereocenters. The normalized spacial score (nSPS) is 22.1. The van der Waals surface area contributed by atoms with Crippen LogP contribution in [0.15, 0.2) is 0 Å². The van der Waals surface area contributed by atoms with Gasteiger partial charge in [-0.3, -0.25) is 23.9 Å². The number of hydroxylamine groups is 2. The molecule has 0 saturated carbocycles. The Bertz CT molecular complexity index is 946.